The minimum atomic E-state index is -2.90. The lowest BCUT2D eigenvalue weighted by Crippen LogP contribution is -2.01. The molecular formula is C10H6BrF2NO3. The van der Waals surface area contributed by atoms with Gasteiger partial charge in [-0.3, -0.25) is 4.79 Å². The number of rotatable bonds is 4. The molecule has 0 amide bonds. The smallest absolute Gasteiger partial charge is 0.387 e. The maximum atomic E-state index is 12.0. The molecule has 0 aliphatic rings. The van der Waals surface area contributed by atoms with Gasteiger partial charge >= 0.3 is 6.61 Å². The summed E-state index contributed by atoms with van der Waals surface area (Å²) >= 11 is 2.98. The molecule has 1 aromatic carbocycles. The molecule has 7 heteroatoms. The predicted molar refractivity (Wildman–Crippen MR) is 58.8 cm³/mol. The van der Waals surface area contributed by atoms with Crippen molar-refractivity contribution in [3.05, 3.63) is 24.1 Å². The normalized spacial score (nSPS) is 11.1. The van der Waals surface area contributed by atoms with Crippen molar-refractivity contribution in [2.24, 2.45) is 0 Å². The largest absolute Gasteiger partial charge is 0.435 e. The van der Waals surface area contributed by atoms with E-state index < -0.39 is 6.61 Å². The first kappa shape index (κ1) is 12.0. The number of ether oxygens (including phenoxy) is 1. The zero-order valence-electron chi connectivity index (χ0n) is 8.32. The fraction of sp³-hybridized carbons (Fsp3) is 0.200. The molecule has 0 bridgehead atoms. The fourth-order valence-corrected chi connectivity index (χ4v) is 1.50. The number of oxazole rings is 1. The van der Waals surface area contributed by atoms with Crippen LogP contribution >= 0.6 is 15.9 Å². The van der Waals surface area contributed by atoms with Gasteiger partial charge < -0.3 is 9.15 Å². The molecule has 1 heterocycles. The third-order valence-corrected chi connectivity index (χ3v) is 2.45. The first-order chi connectivity index (χ1) is 8.10. The van der Waals surface area contributed by atoms with Crippen molar-refractivity contribution >= 4 is 32.8 Å². The molecule has 0 spiro atoms. The number of fused-ring (bicyclic) bond motifs is 1. The summed E-state index contributed by atoms with van der Waals surface area (Å²) in [5, 5.41) is 0.0835. The van der Waals surface area contributed by atoms with E-state index in [9.17, 15) is 13.6 Å². The van der Waals surface area contributed by atoms with Gasteiger partial charge in [-0.1, -0.05) is 15.9 Å². The molecule has 4 nitrogen and oxygen atoms in total. The van der Waals surface area contributed by atoms with Crippen molar-refractivity contribution in [1.82, 2.24) is 4.98 Å². The summed E-state index contributed by atoms with van der Waals surface area (Å²) in [4.78, 5) is 15.2. The zero-order valence-corrected chi connectivity index (χ0v) is 9.91. The summed E-state index contributed by atoms with van der Waals surface area (Å²) in [5.74, 6) is -0.426. The number of hydrogen-bond donors (Lipinski definition) is 0. The molecule has 0 radical (unpaired) electrons. The average Bonchev–Trinajstić information content (AvgIpc) is 2.70. The van der Waals surface area contributed by atoms with E-state index in [1.807, 2.05) is 0 Å². The van der Waals surface area contributed by atoms with Crippen LogP contribution in [0.25, 0.3) is 11.1 Å². The standard InChI is InChI=1S/C10H6BrF2NO3/c11-4-7(15)9-14-6-2-1-5(16-10(12)13)3-8(6)17-9/h1-3,10H,4H2. The lowest BCUT2D eigenvalue weighted by atomic mass is 10.3. The van der Waals surface area contributed by atoms with Crippen molar-refractivity contribution in [3.8, 4) is 5.75 Å². The minimum absolute atomic E-state index is 0.0403. The summed E-state index contributed by atoms with van der Waals surface area (Å²) < 4.78 is 33.3. The SMILES string of the molecule is O=C(CBr)c1nc2ccc(OC(F)F)cc2o1. The number of carbonyl (C=O) groups excluding carboxylic acids is 1. The molecule has 0 saturated carbocycles. The van der Waals surface area contributed by atoms with Crippen molar-refractivity contribution in [3.63, 3.8) is 0 Å². The molecule has 0 N–H and O–H groups in total. The number of aromatic nitrogens is 1. The van der Waals surface area contributed by atoms with Crippen LogP contribution in [0.3, 0.4) is 0 Å². The molecule has 2 aromatic rings. The number of ketones is 1. The van der Waals surface area contributed by atoms with Gasteiger partial charge in [-0.05, 0) is 12.1 Å². The fourth-order valence-electron chi connectivity index (χ4n) is 1.26. The topological polar surface area (TPSA) is 52.3 Å². The third kappa shape index (κ3) is 2.60. The van der Waals surface area contributed by atoms with E-state index in [1.54, 1.807) is 0 Å². The van der Waals surface area contributed by atoms with E-state index in [4.69, 9.17) is 4.42 Å². The Balaban J connectivity index is 2.37. The Kier molecular flexibility index (Phi) is 3.37. The van der Waals surface area contributed by atoms with E-state index in [1.165, 1.54) is 18.2 Å². The second-order valence-electron chi connectivity index (χ2n) is 3.08. The maximum Gasteiger partial charge on any atom is 0.387 e. The molecule has 17 heavy (non-hydrogen) atoms. The highest BCUT2D eigenvalue weighted by Crippen LogP contribution is 2.23. The molecule has 0 unspecified atom stereocenters. The maximum absolute atomic E-state index is 12.0. The zero-order chi connectivity index (χ0) is 12.4. The minimum Gasteiger partial charge on any atom is -0.435 e. The Morgan fingerprint density at radius 1 is 1.53 bits per heavy atom. The van der Waals surface area contributed by atoms with Crippen LogP contribution in [0.4, 0.5) is 8.78 Å². The first-order valence-corrected chi connectivity index (χ1v) is 5.67. The highest BCUT2D eigenvalue weighted by molar-refractivity contribution is 9.09. The number of nitrogens with zero attached hydrogens (tertiary/aromatic N) is 1. The van der Waals surface area contributed by atoms with Crippen LogP contribution in [0.2, 0.25) is 0 Å². The van der Waals surface area contributed by atoms with Crippen LogP contribution in [0.15, 0.2) is 22.6 Å². The van der Waals surface area contributed by atoms with Crippen LogP contribution in [-0.2, 0) is 0 Å². The van der Waals surface area contributed by atoms with Crippen molar-refractivity contribution < 1.29 is 22.7 Å². The van der Waals surface area contributed by atoms with E-state index in [2.05, 4.69) is 25.7 Å². The van der Waals surface area contributed by atoms with Crippen LogP contribution in [0.5, 0.6) is 5.75 Å². The molecular weight excluding hydrogens is 300 g/mol. The van der Waals surface area contributed by atoms with Gasteiger partial charge in [-0.2, -0.15) is 8.78 Å². The van der Waals surface area contributed by atoms with Gasteiger partial charge in [0.15, 0.2) is 5.58 Å². The Morgan fingerprint density at radius 2 is 2.29 bits per heavy atom. The van der Waals surface area contributed by atoms with Crippen LogP contribution < -0.4 is 4.74 Å². The quantitative estimate of drug-likeness (QED) is 0.643. The van der Waals surface area contributed by atoms with Gasteiger partial charge in [0.25, 0.3) is 5.89 Å². The van der Waals surface area contributed by atoms with Gasteiger partial charge in [0.2, 0.25) is 5.78 Å². The number of hydrogen-bond acceptors (Lipinski definition) is 4. The van der Waals surface area contributed by atoms with Crippen LogP contribution in [-0.4, -0.2) is 22.7 Å². The monoisotopic (exact) mass is 305 g/mol. The third-order valence-electron chi connectivity index (χ3n) is 1.94. The van der Waals surface area contributed by atoms with E-state index >= 15 is 0 Å². The number of carbonyl (C=O) groups is 1. The Bertz CT molecular complexity index is 555. The average molecular weight is 306 g/mol. The number of benzene rings is 1. The predicted octanol–water partition coefficient (Wildman–Crippen LogP) is 3.01. The second kappa shape index (κ2) is 4.79. The molecule has 0 saturated heterocycles. The molecule has 1 aromatic heterocycles. The summed E-state index contributed by atoms with van der Waals surface area (Å²) in [6.45, 7) is -2.90. The Labute approximate surface area is 103 Å². The van der Waals surface area contributed by atoms with E-state index in [0.717, 1.165) is 0 Å². The van der Waals surface area contributed by atoms with Crippen molar-refractivity contribution in [2.75, 3.05) is 5.33 Å². The molecule has 0 aliphatic carbocycles. The molecule has 0 atom stereocenters. The lowest BCUT2D eigenvalue weighted by Gasteiger charge is -2.02. The number of halogens is 3. The van der Waals surface area contributed by atoms with Gasteiger partial charge in [0.05, 0.1) is 5.33 Å². The first-order valence-electron chi connectivity index (χ1n) is 4.54. The summed E-state index contributed by atoms with van der Waals surface area (Å²) in [7, 11) is 0. The van der Waals surface area contributed by atoms with E-state index in [0.29, 0.717) is 5.52 Å². The van der Waals surface area contributed by atoms with Crippen molar-refractivity contribution in [1.29, 1.82) is 0 Å². The van der Waals surface area contributed by atoms with Gasteiger partial charge in [0, 0.05) is 6.07 Å². The highest BCUT2D eigenvalue weighted by Gasteiger charge is 2.14. The molecule has 2 rings (SSSR count). The van der Waals surface area contributed by atoms with Gasteiger partial charge in [-0.25, -0.2) is 4.98 Å². The van der Waals surface area contributed by atoms with Crippen LogP contribution in [0, 0.1) is 0 Å². The second-order valence-corrected chi connectivity index (χ2v) is 3.64. The number of Topliss-reactive ketones (excluding diaryl/α,β-unsaturated/α-hetero) is 1. The van der Waals surface area contributed by atoms with Gasteiger partial charge in [0.1, 0.15) is 11.3 Å². The molecule has 0 aliphatic heterocycles. The summed E-state index contributed by atoms with van der Waals surface area (Å²) in [6, 6.07) is 4.04. The number of alkyl halides is 3. The Hall–Kier alpha value is -1.50. The summed E-state index contributed by atoms with van der Waals surface area (Å²) in [5.41, 5.74) is 0.642. The summed E-state index contributed by atoms with van der Waals surface area (Å²) in [6.07, 6.45) is 0. The van der Waals surface area contributed by atoms with Gasteiger partial charge in [-0.15, -0.1) is 0 Å². The highest BCUT2D eigenvalue weighted by atomic mass is 79.9. The molecule has 90 valence electrons. The Morgan fingerprint density at radius 3 is 2.94 bits per heavy atom. The van der Waals surface area contributed by atoms with Crippen molar-refractivity contribution in [2.45, 2.75) is 6.61 Å². The lowest BCUT2D eigenvalue weighted by molar-refractivity contribution is -0.0497. The van der Waals surface area contributed by atoms with E-state index in [-0.39, 0.29) is 28.3 Å². The van der Waals surface area contributed by atoms with Crippen LogP contribution in [0.1, 0.15) is 10.7 Å². The molecule has 0 fully saturated rings.